The fraction of sp³-hybridized carbons (Fsp3) is 0.500. The molecule has 0 saturated carbocycles. The van der Waals surface area contributed by atoms with E-state index in [-0.39, 0.29) is 29.9 Å². The molecule has 1 amide bonds. The van der Waals surface area contributed by atoms with E-state index in [0.29, 0.717) is 19.5 Å². The lowest BCUT2D eigenvalue weighted by Gasteiger charge is -2.43. The van der Waals surface area contributed by atoms with Gasteiger partial charge in [-0.3, -0.25) is 9.48 Å². The highest BCUT2D eigenvalue weighted by Crippen LogP contribution is 2.43. The Morgan fingerprint density at radius 3 is 2.57 bits per heavy atom. The third kappa shape index (κ3) is 3.55. The summed E-state index contributed by atoms with van der Waals surface area (Å²) in [5, 5.41) is 4.43. The number of ether oxygens (including phenoxy) is 1. The fourth-order valence-corrected chi connectivity index (χ4v) is 4.44. The number of piperidine rings is 1. The second-order valence-electron chi connectivity index (χ2n) is 8.36. The lowest BCUT2D eigenvalue weighted by atomic mass is 9.67. The molecule has 2 aliphatic rings. The van der Waals surface area contributed by atoms with Gasteiger partial charge in [-0.1, -0.05) is 30.3 Å². The standard InChI is InChI=1S/C22H27N3O3/c1-16(2)25-20-18(14-23-25)12-22(13-19(20)26)8-10-24(11-9-22)21(27)28-15-17-6-4-3-5-7-17/h3-7,14,16H,8-13,15H2,1-2H3. The Kier molecular flexibility index (Phi) is 4.96. The van der Waals surface area contributed by atoms with Crippen LogP contribution in [0.25, 0.3) is 0 Å². The van der Waals surface area contributed by atoms with Crippen molar-refractivity contribution in [2.24, 2.45) is 5.41 Å². The summed E-state index contributed by atoms with van der Waals surface area (Å²) in [6, 6.07) is 9.88. The highest BCUT2D eigenvalue weighted by molar-refractivity contribution is 5.97. The number of ketones is 1. The van der Waals surface area contributed by atoms with Gasteiger partial charge in [0.15, 0.2) is 5.78 Å². The zero-order chi connectivity index (χ0) is 19.7. The molecule has 1 aromatic carbocycles. The molecule has 0 atom stereocenters. The maximum absolute atomic E-state index is 12.9. The van der Waals surface area contributed by atoms with Crippen molar-refractivity contribution in [1.82, 2.24) is 14.7 Å². The molecule has 6 heteroatoms. The van der Waals surface area contributed by atoms with Gasteiger partial charge in [0.25, 0.3) is 0 Å². The highest BCUT2D eigenvalue weighted by Gasteiger charge is 2.43. The van der Waals surface area contributed by atoms with E-state index in [2.05, 4.69) is 5.10 Å². The molecule has 1 fully saturated rings. The van der Waals surface area contributed by atoms with Crippen LogP contribution in [0.15, 0.2) is 36.5 Å². The van der Waals surface area contributed by atoms with Crippen LogP contribution in [0.5, 0.6) is 0 Å². The van der Waals surface area contributed by atoms with Crippen LogP contribution in [-0.4, -0.2) is 39.6 Å². The van der Waals surface area contributed by atoms with Crippen LogP contribution in [0, 0.1) is 5.41 Å². The SMILES string of the molecule is CC(C)n1ncc2c1C(=O)CC1(CCN(C(=O)OCc3ccccc3)CC1)C2. The van der Waals surface area contributed by atoms with Crippen LogP contribution in [-0.2, 0) is 17.8 Å². The number of hydrogen-bond acceptors (Lipinski definition) is 4. The predicted molar refractivity (Wildman–Crippen MR) is 105 cm³/mol. The molecular weight excluding hydrogens is 354 g/mol. The van der Waals surface area contributed by atoms with E-state index in [4.69, 9.17) is 4.74 Å². The summed E-state index contributed by atoms with van der Waals surface area (Å²) >= 11 is 0. The number of amides is 1. The predicted octanol–water partition coefficient (Wildman–Crippen LogP) is 4.01. The van der Waals surface area contributed by atoms with Crippen molar-refractivity contribution in [1.29, 1.82) is 0 Å². The van der Waals surface area contributed by atoms with Gasteiger partial charge < -0.3 is 9.64 Å². The first-order chi connectivity index (χ1) is 13.5. The number of carbonyl (C=O) groups excluding carboxylic acids is 2. The van der Waals surface area contributed by atoms with Gasteiger partial charge in [0, 0.05) is 31.1 Å². The molecule has 1 saturated heterocycles. The molecule has 6 nitrogen and oxygen atoms in total. The molecule has 1 aliphatic heterocycles. The number of nitrogens with zero attached hydrogens (tertiary/aromatic N) is 3. The van der Waals surface area contributed by atoms with Gasteiger partial charge >= 0.3 is 6.09 Å². The van der Waals surface area contributed by atoms with Crippen molar-refractivity contribution in [2.75, 3.05) is 13.1 Å². The number of carbonyl (C=O) groups is 2. The molecule has 0 bridgehead atoms. The Bertz CT molecular complexity index is 864. The van der Waals surface area contributed by atoms with Crippen molar-refractivity contribution >= 4 is 11.9 Å². The number of aromatic nitrogens is 2. The molecule has 1 spiro atoms. The second kappa shape index (κ2) is 7.41. The summed E-state index contributed by atoms with van der Waals surface area (Å²) in [7, 11) is 0. The highest BCUT2D eigenvalue weighted by atomic mass is 16.6. The van der Waals surface area contributed by atoms with Gasteiger partial charge in [0.05, 0.1) is 6.20 Å². The Balaban J connectivity index is 1.37. The van der Waals surface area contributed by atoms with E-state index in [0.717, 1.165) is 36.1 Å². The Morgan fingerprint density at radius 1 is 1.18 bits per heavy atom. The lowest BCUT2D eigenvalue weighted by Crippen LogP contribution is -2.46. The van der Waals surface area contributed by atoms with Crippen LogP contribution in [0.4, 0.5) is 4.79 Å². The first-order valence-corrected chi connectivity index (χ1v) is 10.0. The zero-order valence-electron chi connectivity index (χ0n) is 16.6. The molecule has 2 heterocycles. The number of fused-ring (bicyclic) bond motifs is 1. The van der Waals surface area contributed by atoms with Crippen LogP contribution < -0.4 is 0 Å². The van der Waals surface area contributed by atoms with Crippen LogP contribution in [0.3, 0.4) is 0 Å². The maximum atomic E-state index is 12.9. The summed E-state index contributed by atoms with van der Waals surface area (Å²) in [6.07, 6.45) is 4.65. The summed E-state index contributed by atoms with van der Waals surface area (Å²) in [4.78, 5) is 27.0. The van der Waals surface area contributed by atoms with Gasteiger partial charge in [-0.05, 0) is 44.1 Å². The summed E-state index contributed by atoms with van der Waals surface area (Å²) in [6.45, 7) is 5.65. The Hall–Kier alpha value is -2.63. The third-order valence-corrected chi connectivity index (χ3v) is 6.01. The number of rotatable bonds is 3. The van der Waals surface area contributed by atoms with E-state index in [1.54, 1.807) is 4.90 Å². The molecule has 0 radical (unpaired) electrons. The number of likely N-dealkylation sites (tertiary alicyclic amines) is 1. The maximum Gasteiger partial charge on any atom is 0.410 e. The van der Waals surface area contributed by atoms with Gasteiger partial charge in [0.2, 0.25) is 0 Å². The number of Topliss-reactive ketones (excluding diaryl/α,β-unsaturated/α-hetero) is 1. The molecule has 1 aromatic heterocycles. The van der Waals surface area contributed by atoms with Crippen LogP contribution in [0.2, 0.25) is 0 Å². The average molecular weight is 381 g/mol. The van der Waals surface area contributed by atoms with Crippen LogP contribution in [0.1, 0.15) is 60.8 Å². The minimum absolute atomic E-state index is 0.0505. The topological polar surface area (TPSA) is 64.4 Å². The van der Waals surface area contributed by atoms with Crippen molar-refractivity contribution < 1.29 is 14.3 Å². The minimum atomic E-state index is -0.269. The molecule has 28 heavy (non-hydrogen) atoms. The van der Waals surface area contributed by atoms with Gasteiger partial charge in [0.1, 0.15) is 12.3 Å². The molecular formula is C22H27N3O3. The monoisotopic (exact) mass is 381 g/mol. The zero-order valence-corrected chi connectivity index (χ0v) is 16.6. The van der Waals surface area contributed by atoms with Crippen molar-refractivity contribution in [3.8, 4) is 0 Å². The largest absolute Gasteiger partial charge is 0.445 e. The van der Waals surface area contributed by atoms with Crippen molar-refractivity contribution in [2.45, 2.75) is 52.2 Å². The van der Waals surface area contributed by atoms with Gasteiger partial charge in [-0.2, -0.15) is 5.10 Å². The molecule has 148 valence electrons. The first-order valence-electron chi connectivity index (χ1n) is 10.0. The first kappa shape index (κ1) is 18.7. The molecule has 4 rings (SSSR count). The molecule has 0 unspecified atom stereocenters. The number of hydrogen-bond donors (Lipinski definition) is 0. The quantitative estimate of drug-likeness (QED) is 0.806. The normalized spacial score (nSPS) is 18.4. The molecule has 1 aliphatic carbocycles. The molecule has 2 aromatic rings. The third-order valence-electron chi connectivity index (χ3n) is 6.01. The van der Waals surface area contributed by atoms with Crippen molar-refractivity contribution in [3.63, 3.8) is 0 Å². The van der Waals surface area contributed by atoms with E-state index in [9.17, 15) is 9.59 Å². The summed E-state index contributed by atoms with van der Waals surface area (Å²) < 4.78 is 7.30. The van der Waals surface area contributed by atoms with Gasteiger partial charge in [-0.25, -0.2) is 4.79 Å². The number of benzene rings is 1. The second-order valence-corrected chi connectivity index (χ2v) is 8.36. The lowest BCUT2D eigenvalue weighted by molar-refractivity contribution is 0.0517. The minimum Gasteiger partial charge on any atom is -0.445 e. The molecule has 0 N–H and O–H groups in total. The Morgan fingerprint density at radius 2 is 1.89 bits per heavy atom. The van der Waals surface area contributed by atoms with E-state index in [1.807, 2.05) is 55.1 Å². The summed E-state index contributed by atoms with van der Waals surface area (Å²) in [5.41, 5.74) is 2.78. The smallest absolute Gasteiger partial charge is 0.410 e. The van der Waals surface area contributed by atoms with Crippen LogP contribution >= 0.6 is 0 Å². The average Bonchev–Trinajstić information content (AvgIpc) is 3.12. The Labute approximate surface area is 165 Å². The summed E-state index contributed by atoms with van der Waals surface area (Å²) in [5.74, 6) is 0.188. The van der Waals surface area contributed by atoms with E-state index < -0.39 is 0 Å². The van der Waals surface area contributed by atoms with E-state index >= 15 is 0 Å². The van der Waals surface area contributed by atoms with Gasteiger partial charge in [-0.15, -0.1) is 0 Å². The van der Waals surface area contributed by atoms with Crippen molar-refractivity contribution in [3.05, 3.63) is 53.3 Å². The fourth-order valence-electron chi connectivity index (χ4n) is 4.44. The van der Waals surface area contributed by atoms with E-state index in [1.165, 1.54) is 0 Å².